The number of nitrogens with zero attached hydrogens (tertiary/aromatic N) is 1. The molecule has 160 valence electrons. The molecule has 1 aliphatic carbocycles. The molecule has 5 rings (SSSR count). The van der Waals surface area contributed by atoms with E-state index in [4.69, 9.17) is 0 Å². The van der Waals surface area contributed by atoms with E-state index < -0.39 is 6.04 Å². The number of benzene rings is 1. The molecule has 30 heavy (non-hydrogen) atoms. The van der Waals surface area contributed by atoms with Crippen LogP contribution in [0.5, 0.6) is 0 Å². The molecule has 7 nitrogen and oxygen atoms in total. The first-order valence-electron chi connectivity index (χ1n) is 11.3. The molecule has 3 amide bonds. The molecule has 4 atom stereocenters. The van der Waals surface area contributed by atoms with Gasteiger partial charge in [-0.05, 0) is 68.2 Å². The zero-order chi connectivity index (χ0) is 20.7. The SMILES string of the molecule is O=C1CCC(N2Cc3cccc(CNC4CCC5CNCCC5C4)c3C2=O)C(=O)N1. The Balaban J connectivity index is 1.26. The van der Waals surface area contributed by atoms with Gasteiger partial charge in [-0.2, -0.15) is 0 Å². The summed E-state index contributed by atoms with van der Waals surface area (Å²) in [5, 5.41) is 9.60. The van der Waals surface area contributed by atoms with Gasteiger partial charge in [0.2, 0.25) is 11.8 Å². The average molecular weight is 411 g/mol. The molecule has 1 aromatic carbocycles. The minimum Gasteiger partial charge on any atom is -0.322 e. The Morgan fingerprint density at radius 1 is 1.07 bits per heavy atom. The summed E-state index contributed by atoms with van der Waals surface area (Å²) in [5.74, 6) is 0.934. The first-order chi connectivity index (χ1) is 14.6. The number of imide groups is 1. The van der Waals surface area contributed by atoms with Crippen molar-refractivity contribution in [1.29, 1.82) is 0 Å². The maximum absolute atomic E-state index is 13.2. The zero-order valence-corrected chi connectivity index (χ0v) is 17.3. The number of rotatable bonds is 4. The van der Waals surface area contributed by atoms with Crippen molar-refractivity contribution < 1.29 is 14.4 Å². The minimum absolute atomic E-state index is 0.0843. The topological polar surface area (TPSA) is 90.5 Å². The Morgan fingerprint density at radius 2 is 1.97 bits per heavy atom. The van der Waals surface area contributed by atoms with Crippen molar-refractivity contribution in [2.24, 2.45) is 11.8 Å². The van der Waals surface area contributed by atoms with Crippen LogP contribution in [0.2, 0.25) is 0 Å². The lowest BCUT2D eigenvalue weighted by Gasteiger charge is -2.40. The van der Waals surface area contributed by atoms with Crippen molar-refractivity contribution in [3.8, 4) is 0 Å². The van der Waals surface area contributed by atoms with Gasteiger partial charge in [-0.3, -0.25) is 19.7 Å². The molecular formula is C23H30N4O3. The van der Waals surface area contributed by atoms with Gasteiger partial charge in [0.15, 0.2) is 0 Å². The van der Waals surface area contributed by atoms with Crippen LogP contribution in [-0.2, 0) is 22.7 Å². The normalized spacial score (nSPS) is 31.3. The van der Waals surface area contributed by atoms with E-state index >= 15 is 0 Å². The summed E-state index contributed by atoms with van der Waals surface area (Å²) in [7, 11) is 0. The third-order valence-electron chi connectivity index (χ3n) is 7.46. The minimum atomic E-state index is -0.557. The van der Waals surface area contributed by atoms with E-state index in [1.54, 1.807) is 4.90 Å². The molecule has 1 aromatic rings. The average Bonchev–Trinajstić information content (AvgIpc) is 3.09. The number of hydrogen-bond donors (Lipinski definition) is 3. The molecule has 0 radical (unpaired) electrons. The number of carbonyl (C=O) groups excluding carboxylic acids is 3. The van der Waals surface area contributed by atoms with E-state index in [1.807, 2.05) is 18.2 Å². The largest absolute Gasteiger partial charge is 0.322 e. The highest BCUT2D eigenvalue weighted by Gasteiger charge is 2.40. The van der Waals surface area contributed by atoms with Crippen molar-refractivity contribution >= 4 is 17.7 Å². The monoisotopic (exact) mass is 410 g/mol. The van der Waals surface area contributed by atoms with Crippen molar-refractivity contribution in [2.75, 3.05) is 13.1 Å². The zero-order valence-electron chi connectivity index (χ0n) is 17.3. The molecule has 2 saturated heterocycles. The fraction of sp³-hybridized carbons (Fsp3) is 0.609. The predicted octanol–water partition coefficient (Wildman–Crippen LogP) is 1.32. The van der Waals surface area contributed by atoms with E-state index in [9.17, 15) is 14.4 Å². The van der Waals surface area contributed by atoms with Gasteiger partial charge >= 0.3 is 0 Å². The summed E-state index contributed by atoms with van der Waals surface area (Å²) < 4.78 is 0. The van der Waals surface area contributed by atoms with E-state index in [0.717, 1.165) is 41.6 Å². The number of fused-ring (bicyclic) bond motifs is 2. The molecular weight excluding hydrogens is 380 g/mol. The lowest BCUT2D eigenvalue weighted by atomic mass is 9.73. The molecule has 7 heteroatoms. The Kier molecular flexibility index (Phi) is 5.33. The lowest BCUT2D eigenvalue weighted by molar-refractivity contribution is -0.136. The summed E-state index contributed by atoms with van der Waals surface area (Å²) in [6, 6.07) is 5.94. The molecule has 0 spiro atoms. The molecule has 0 aromatic heterocycles. The van der Waals surface area contributed by atoms with Crippen LogP contribution in [0, 0.1) is 11.8 Å². The van der Waals surface area contributed by atoms with Gasteiger partial charge in [-0.15, -0.1) is 0 Å². The van der Waals surface area contributed by atoms with Crippen molar-refractivity contribution in [1.82, 2.24) is 20.9 Å². The molecule has 3 aliphatic heterocycles. The Bertz CT molecular complexity index is 870. The summed E-state index contributed by atoms with van der Waals surface area (Å²) in [5.41, 5.74) is 2.73. The highest BCUT2D eigenvalue weighted by molar-refractivity contribution is 6.05. The van der Waals surface area contributed by atoms with Crippen molar-refractivity contribution in [2.45, 2.75) is 63.7 Å². The standard InChI is InChI=1S/C23H30N4O3/c28-20-7-6-19(22(29)26-20)27-13-17-3-1-2-16(21(17)23(27)30)12-25-18-5-4-15-11-24-9-8-14(15)10-18/h1-3,14-15,18-19,24-25H,4-13H2,(H,26,28,29). The number of amides is 3. The maximum Gasteiger partial charge on any atom is 0.255 e. The van der Waals surface area contributed by atoms with Gasteiger partial charge in [-0.25, -0.2) is 0 Å². The van der Waals surface area contributed by atoms with Gasteiger partial charge in [0.1, 0.15) is 6.04 Å². The van der Waals surface area contributed by atoms with E-state index in [0.29, 0.717) is 25.6 Å². The first kappa shape index (κ1) is 19.7. The van der Waals surface area contributed by atoms with Crippen LogP contribution >= 0.6 is 0 Å². The molecule has 4 unspecified atom stereocenters. The number of hydrogen-bond acceptors (Lipinski definition) is 5. The summed E-state index contributed by atoms with van der Waals surface area (Å²) in [6.45, 7) is 3.41. The summed E-state index contributed by atoms with van der Waals surface area (Å²) >= 11 is 0. The van der Waals surface area contributed by atoms with E-state index in [1.165, 1.54) is 25.7 Å². The van der Waals surface area contributed by atoms with Gasteiger partial charge in [0.25, 0.3) is 5.91 Å². The third kappa shape index (κ3) is 3.65. The van der Waals surface area contributed by atoms with Crippen LogP contribution in [0.15, 0.2) is 18.2 Å². The second kappa shape index (κ2) is 8.12. The van der Waals surface area contributed by atoms with Gasteiger partial charge in [0.05, 0.1) is 0 Å². The van der Waals surface area contributed by atoms with Crippen LogP contribution in [0.4, 0.5) is 0 Å². The molecule has 1 saturated carbocycles. The second-order valence-electron chi connectivity index (χ2n) is 9.26. The highest BCUT2D eigenvalue weighted by atomic mass is 16.2. The van der Waals surface area contributed by atoms with Crippen molar-refractivity contribution in [3.05, 3.63) is 34.9 Å². The molecule has 3 fully saturated rings. The maximum atomic E-state index is 13.2. The van der Waals surface area contributed by atoms with Crippen molar-refractivity contribution in [3.63, 3.8) is 0 Å². The second-order valence-corrected chi connectivity index (χ2v) is 9.26. The predicted molar refractivity (Wildman–Crippen MR) is 111 cm³/mol. The molecule has 3 heterocycles. The van der Waals surface area contributed by atoms with Gasteiger partial charge in [0, 0.05) is 31.1 Å². The number of piperidine rings is 2. The highest BCUT2D eigenvalue weighted by Crippen LogP contribution is 2.34. The summed E-state index contributed by atoms with van der Waals surface area (Å²) in [4.78, 5) is 38.6. The van der Waals surface area contributed by atoms with Crippen LogP contribution in [0.3, 0.4) is 0 Å². The molecule has 0 bridgehead atoms. The van der Waals surface area contributed by atoms with Gasteiger partial charge in [-0.1, -0.05) is 18.2 Å². The number of nitrogens with one attached hydrogen (secondary N) is 3. The lowest BCUT2D eigenvalue weighted by Crippen LogP contribution is -2.52. The fourth-order valence-electron chi connectivity index (χ4n) is 5.80. The Hall–Kier alpha value is -2.25. The first-order valence-corrected chi connectivity index (χ1v) is 11.3. The van der Waals surface area contributed by atoms with Crippen LogP contribution < -0.4 is 16.0 Å². The Labute approximate surface area is 177 Å². The van der Waals surface area contributed by atoms with Crippen LogP contribution in [0.25, 0.3) is 0 Å². The number of carbonyl (C=O) groups is 3. The summed E-state index contributed by atoms with van der Waals surface area (Å²) in [6.07, 6.45) is 5.63. The van der Waals surface area contributed by atoms with Crippen LogP contribution in [-0.4, -0.2) is 47.8 Å². The van der Waals surface area contributed by atoms with Crippen LogP contribution in [0.1, 0.15) is 60.0 Å². The smallest absolute Gasteiger partial charge is 0.255 e. The third-order valence-corrected chi connectivity index (χ3v) is 7.46. The quantitative estimate of drug-likeness (QED) is 0.652. The molecule has 3 N–H and O–H groups in total. The van der Waals surface area contributed by atoms with E-state index in [-0.39, 0.29) is 24.1 Å². The Morgan fingerprint density at radius 3 is 2.83 bits per heavy atom. The van der Waals surface area contributed by atoms with E-state index in [2.05, 4.69) is 16.0 Å². The fourth-order valence-corrected chi connectivity index (χ4v) is 5.80. The van der Waals surface area contributed by atoms with Gasteiger partial charge < -0.3 is 15.5 Å². The molecule has 4 aliphatic rings.